The van der Waals surface area contributed by atoms with Gasteiger partial charge in [-0.05, 0) is 36.4 Å². The number of carbonyl (C=O) groups is 1. The van der Waals surface area contributed by atoms with Gasteiger partial charge in [-0.1, -0.05) is 11.6 Å². The SMILES string of the molecule is O=C(Nc1ccc2c(c1)OCO2)c1csc(COc2ccc(Cl)cc2)n1. The van der Waals surface area contributed by atoms with Gasteiger partial charge in [0.25, 0.3) is 5.91 Å². The van der Waals surface area contributed by atoms with Gasteiger partial charge in [0.15, 0.2) is 11.5 Å². The first-order valence-corrected chi connectivity index (χ1v) is 8.97. The largest absolute Gasteiger partial charge is 0.486 e. The number of hydrogen-bond donors (Lipinski definition) is 1. The van der Waals surface area contributed by atoms with Gasteiger partial charge in [-0.3, -0.25) is 4.79 Å². The first-order valence-electron chi connectivity index (χ1n) is 7.71. The number of benzene rings is 2. The molecule has 6 nitrogen and oxygen atoms in total. The molecule has 2 aromatic carbocycles. The summed E-state index contributed by atoms with van der Waals surface area (Å²) in [7, 11) is 0. The van der Waals surface area contributed by atoms with E-state index in [-0.39, 0.29) is 19.3 Å². The number of nitrogens with one attached hydrogen (secondary N) is 1. The summed E-state index contributed by atoms with van der Waals surface area (Å²) in [5, 5.41) is 5.84. The van der Waals surface area contributed by atoms with E-state index in [0.717, 1.165) is 0 Å². The van der Waals surface area contributed by atoms with Crippen molar-refractivity contribution in [3.8, 4) is 17.2 Å². The molecule has 1 N–H and O–H groups in total. The summed E-state index contributed by atoms with van der Waals surface area (Å²) in [5.74, 6) is 1.67. The van der Waals surface area contributed by atoms with Gasteiger partial charge < -0.3 is 19.5 Å². The quantitative estimate of drug-likeness (QED) is 0.703. The third kappa shape index (κ3) is 3.74. The lowest BCUT2D eigenvalue weighted by molar-refractivity contribution is 0.102. The zero-order valence-corrected chi connectivity index (χ0v) is 15.0. The fraction of sp³-hybridized carbons (Fsp3) is 0.111. The summed E-state index contributed by atoms with van der Waals surface area (Å²) in [6.45, 7) is 0.472. The highest BCUT2D eigenvalue weighted by Gasteiger charge is 2.16. The highest BCUT2D eigenvalue weighted by Crippen LogP contribution is 2.34. The fourth-order valence-corrected chi connectivity index (χ4v) is 3.14. The topological polar surface area (TPSA) is 69.7 Å². The average molecular weight is 389 g/mol. The van der Waals surface area contributed by atoms with Crippen molar-refractivity contribution in [2.24, 2.45) is 0 Å². The monoisotopic (exact) mass is 388 g/mol. The van der Waals surface area contributed by atoms with Crippen LogP contribution in [-0.2, 0) is 6.61 Å². The number of rotatable bonds is 5. The van der Waals surface area contributed by atoms with Crippen LogP contribution >= 0.6 is 22.9 Å². The summed E-state index contributed by atoms with van der Waals surface area (Å²) < 4.78 is 16.2. The Morgan fingerprint density at radius 1 is 1.19 bits per heavy atom. The summed E-state index contributed by atoms with van der Waals surface area (Å²) >= 11 is 7.20. The van der Waals surface area contributed by atoms with E-state index in [1.807, 2.05) is 0 Å². The van der Waals surface area contributed by atoms with Crippen LogP contribution in [0.2, 0.25) is 5.02 Å². The second-order valence-electron chi connectivity index (χ2n) is 5.39. The minimum atomic E-state index is -0.294. The van der Waals surface area contributed by atoms with Gasteiger partial charge >= 0.3 is 0 Å². The second kappa shape index (κ2) is 7.23. The molecule has 0 radical (unpaired) electrons. The average Bonchev–Trinajstić information content (AvgIpc) is 3.30. The Bertz CT molecular complexity index is 943. The maximum atomic E-state index is 12.3. The van der Waals surface area contributed by atoms with Gasteiger partial charge in [0, 0.05) is 22.2 Å². The molecule has 0 aliphatic carbocycles. The lowest BCUT2D eigenvalue weighted by Crippen LogP contribution is -2.12. The number of aromatic nitrogens is 1. The molecule has 132 valence electrons. The van der Waals surface area contributed by atoms with E-state index in [4.69, 9.17) is 25.8 Å². The van der Waals surface area contributed by atoms with Crippen LogP contribution in [0.5, 0.6) is 17.2 Å². The van der Waals surface area contributed by atoms with Crippen LogP contribution in [0, 0.1) is 0 Å². The molecule has 0 saturated heterocycles. The van der Waals surface area contributed by atoms with Crippen LogP contribution in [0.25, 0.3) is 0 Å². The second-order valence-corrected chi connectivity index (χ2v) is 6.77. The van der Waals surface area contributed by atoms with Crippen LogP contribution in [-0.4, -0.2) is 17.7 Å². The Hall–Kier alpha value is -2.77. The van der Waals surface area contributed by atoms with Crippen molar-refractivity contribution >= 4 is 34.5 Å². The Labute approximate surface area is 158 Å². The van der Waals surface area contributed by atoms with E-state index in [1.165, 1.54) is 11.3 Å². The Balaban J connectivity index is 1.37. The van der Waals surface area contributed by atoms with Gasteiger partial charge in [0.1, 0.15) is 23.1 Å². The van der Waals surface area contributed by atoms with E-state index < -0.39 is 0 Å². The molecular formula is C18H13ClN2O4S. The predicted octanol–water partition coefficient (Wildman–Crippen LogP) is 4.36. The first kappa shape index (κ1) is 16.7. The Morgan fingerprint density at radius 2 is 2.00 bits per heavy atom. The van der Waals surface area contributed by atoms with Crippen molar-refractivity contribution in [3.63, 3.8) is 0 Å². The summed E-state index contributed by atoms with van der Waals surface area (Å²) in [6.07, 6.45) is 0. The van der Waals surface area contributed by atoms with Crippen LogP contribution in [0.3, 0.4) is 0 Å². The zero-order valence-electron chi connectivity index (χ0n) is 13.4. The third-order valence-corrected chi connectivity index (χ3v) is 4.67. The molecule has 0 saturated carbocycles. The summed E-state index contributed by atoms with van der Waals surface area (Å²) in [6, 6.07) is 12.3. The Morgan fingerprint density at radius 3 is 2.85 bits per heavy atom. The van der Waals surface area contributed by atoms with Crippen molar-refractivity contribution in [1.82, 2.24) is 4.98 Å². The van der Waals surface area contributed by atoms with Crippen molar-refractivity contribution < 1.29 is 19.0 Å². The highest BCUT2D eigenvalue weighted by atomic mass is 35.5. The van der Waals surface area contributed by atoms with Gasteiger partial charge in [-0.15, -0.1) is 11.3 Å². The van der Waals surface area contributed by atoms with Crippen molar-refractivity contribution in [2.75, 3.05) is 12.1 Å². The van der Waals surface area contributed by atoms with Gasteiger partial charge in [0.05, 0.1) is 0 Å². The van der Waals surface area contributed by atoms with Crippen molar-refractivity contribution in [3.05, 3.63) is 63.6 Å². The third-order valence-electron chi connectivity index (χ3n) is 3.59. The molecule has 0 spiro atoms. The molecule has 0 atom stereocenters. The lowest BCUT2D eigenvalue weighted by atomic mass is 10.2. The van der Waals surface area contributed by atoms with Crippen LogP contribution in [0.4, 0.5) is 5.69 Å². The standard InChI is InChI=1S/C18H13ClN2O4S/c19-11-1-4-13(5-2-11)23-8-17-21-14(9-26-17)18(22)20-12-3-6-15-16(7-12)25-10-24-15/h1-7,9H,8,10H2,(H,20,22). The number of thiazole rings is 1. The molecule has 8 heteroatoms. The molecule has 2 heterocycles. The maximum absolute atomic E-state index is 12.3. The van der Waals surface area contributed by atoms with E-state index in [2.05, 4.69) is 10.3 Å². The van der Waals surface area contributed by atoms with E-state index in [9.17, 15) is 4.79 Å². The maximum Gasteiger partial charge on any atom is 0.275 e. The number of ether oxygens (including phenoxy) is 3. The number of halogens is 1. The molecular weight excluding hydrogens is 376 g/mol. The van der Waals surface area contributed by atoms with Gasteiger partial charge in [-0.25, -0.2) is 4.98 Å². The Kier molecular flexibility index (Phi) is 4.64. The normalized spacial score (nSPS) is 12.0. The van der Waals surface area contributed by atoms with Crippen LogP contribution in [0.1, 0.15) is 15.5 Å². The zero-order chi connectivity index (χ0) is 17.9. The molecule has 3 aromatic rings. The highest BCUT2D eigenvalue weighted by molar-refractivity contribution is 7.09. The van der Waals surface area contributed by atoms with Gasteiger partial charge in [-0.2, -0.15) is 0 Å². The predicted molar refractivity (Wildman–Crippen MR) is 98.4 cm³/mol. The summed E-state index contributed by atoms with van der Waals surface area (Å²) in [5.41, 5.74) is 0.952. The molecule has 0 bridgehead atoms. The molecule has 1 aliphatic heterocycles. The number of fused-ring (bicyclic) bond motifs is 1. The van der Waals surface area contributed by atoms with E-state index >= 15 is 0 Å². The molecule has 0 fully saturated rings. The minimum Gasteiger partial charge on any atom is -0.486 e. The number of hydrogen-bond acceptors (Lipinski definition) is 6. The smallest absolute Gasteiger partial charge is 0.275 e. The lowest BCUT2D eigenvalue weighted by Gasteiger charge is -2.05. The molecule has 1 amide bonds. The van der Waals surface area contributed by atoms with Crippen LogP contribution < -0.4 is 19.5 Å². The first-order chi connectivity index (χ1) is 12.7. The van der Waals surface area contributed by atoms with Crippen molar-refractivity contribution in [1.29, 1.82) is 0 Å². The number of nitrogens with zero attached hydrogens (tertiary/aromatic N) is 1. The summed E-state index contributed by atoms with van der Waals surface area (Å²) in [4.78, 5) is 16.7. The fourth-order valence-electron chi connectivity index (χ4n) is 2.33. The number of anilines is 1. The van der Waals surface area contributed by atoms with E-state index in [1.54, 1.807) is 47.8 Å². The van der Waals surface area contributed by atoms with Gasteiger partial charge in [0.2, 0.25) is 6.79 Å². The van der Waals surface area contributed by atoms with Crippen molar-refractivity contribution in [2.45, 2.75) is 6.61 Å². The number of carbonyl (C=O) groups excluding carboxylic acids is 1. The molecule has 4 rings (SSSR count). The molecule has 1 aliphatic rings. The van der Waals surface area contributed by atoms with Crippen LogP contribution in [0.15, 0.2) is 47.8 Å². The molecule has 26 heavy (non-hydrogen) atoms. The molecule has 1 aromatic heterocycles. The molecule has 0 unspecified atom stereocenters. The van der Waals surface area contributed by atoms with E-state index in [0.29, 0.717) is 38.7 Å². The number of amides is 1. The minimum absolute atomic E-state index is 0.190.